The maximum atomic E-state index is 14.0. The van der Waals surface area contributed by atoms with Gasteiger partial charge in [0.15, 0.2) is 11.5 Å². The molecular formula is C32H33N5O4. The zero-order valence-corrected chi connectivity index (χ0v) is 24.0. The number of anilines is 3. The maximum absolute atomic E-state index is 14.0. The Bertz CT molecular complexity index is 1690. The second kappa shape index (κ2) is 11.2. The van der Waals surface area contributed by atoms with Crippen LogP contribution in [0, 0.1) is 20.8 Å². The molecule has 4 aromatic rings. The zero-order valence-electron chi connectivity index (χ0n) is 24.0. The van der Waals surface area contributed by atoms with E-state index >= 15 is 0 Å². The summed E-state index contributed by atoms with van der Waals surface area (Å²) in [4.78, 5) is 27.4. The molecule has 3 aromatic carbocycles. The third-order valence-corrected chi connectivity index (χ3v) is 7.15. The maximum Gasteiger partial charge on any atom is 0.261 e. The lowest BCUT2D eigenvalue weighted by molar-refractivity contribution is -0.113. The summed E-state index contributed by atoms with van der Waals surface area (Å²) in [6.07, 6.45) is 1.51. The quantitative estimate of drug-likeness (QED) is 0.260. The van der Waals surface area contributed by atoms with Gasteiger partial charge in [-0.2, -0.15) is 5.10 Å². The highest BCUT2D eigenvalue weighted by Crippen LogP contribution is 2.44. The second-order valence-corrected chi connectivity index (χ2v) is 10.1. The molecule has 1 atom stereocenters. The molecule has 9 nitrogen and oxygen atoms in total. The normalized spacial score (nSPS) is 14.1. The summed E-state index contributed by atoms with van der Waals surface area (Å²) in [6, 6.07) is 18.2. The highest BCUT2D eigenvalue weighted by molar-refractivity contribution is 6.09. The van der Waals surface area contributed by atoms with Crippen LogP contribution in [0.5, 0.6) is 11.5 Å². The minimum Gasteiger partial charge on any atom is -0.493 e. The van der Waals surface area contributed by atoms with Gasteiger partial charge in [-0.25, -0.2) is 4.68 Å². The van der Waals surface area contributed by atoms with Crippen molar-refractivity contribution >= 4 is 29.0 Å². The van der Waals surface area contributed by atoms with E-state index in [9.17, 15) is 9.59 Å². The largest absolute Gasteiger partial charge is 0.493 e. The van der Waals surface area contributed by atoms with Crippen molar-refractivity contribution in [1.82, 2.24) is 9.78 Å². The fourth-order valence-corrected chi connectivity index (χ4v) is 5.19. The van der Waals surface area contributed by atoms with Gasteiger partial charge in [-0.05, 0) is 63.1 Å². The number of carbonyl (C=O) groups excluding carboxylic acids is 2. The molecule has 2 amide bonds. The van der Waals surface area contributed by atoms with Gasteiger partial charge >= 0.3 is 0 Å². The number of ether oxygens (including phenoxy) is 2. The number of hydrogen-bond donors (Lipinski definition) is 3. The summed E-state index contributed by atoms with van der Waals surface area (Å²) in [5.74, 6) is 0.825. The third-order valence-electron chi connectivity index (χ3n) is 7.15. The molecule has 0 bridgehead atoms. The first-order chi connectivity index (χ1) is 19.7. The van der Waals surface area contributed by atoms with Crippen LogP contribution >= 0.6 is 0 Å². The number of hydrogen-bond acceptors (Lipinski definition) is 6. The average molecular weight is 552 g/mol. The van der Waals surface area contributed by atoms with Crippen LogP contribution in [0.25, 0.3) is 0 Å². The first-order valence-electron chi connectivity index (χ1n) is 13.2. The Morgan fingerprint density at radius 2 is 1.63 bits per heavy atom. The van der Waals surface area contributed by atoms with Crippen LogP contribution in [0.2, 0.25) is 0 Å². The predicted molar refractivity (Wildman–Crippen MR) is 160 cm³/mol. The number of nitrogens with zero attached hydrogens (tertiary/aromatic N) is 2. The Kier molecular flexibility index (Phi) is 7.52. The number of benzene rings is 3. The van der Waals surface area contributed by atoms with Gasteiger partial charge in [0.25, 0.3) is 11.8 Å². The molecule has 0 fully saturated rings. The molecule has 5 rings (SSSR count). The van der Waals surface area contributed by atoms with E-state index in [1.807, 2.05) is 82.3 Å². The van der Waals surface area contributed by atoms with Crippen molar-refractivity contribution in [3.63, 3.8) is 0 Å². The molecule has 41 heavy (non-hydrogen) atoms. The minimum atomic E-state index is -0.720. The number of aromatic nitrogens is 2. The molecule has 1 aliphatic heterocycles. The van der Waals surface area contributed by atoms with Crippen molar-refractivity contribution in [3.8, 4) is 11.5 Å². The third kappa shape index (κ3) is 5.26. The summed E-state index contributed by atoms with van der Waals surface area (Å²) in [7, 11) is 3.12. The van der Waals surface area contributed by atoms with Gasteiger partial charge in [-0.15, -0.1) is 0 Å². The lowest BCUT2D eigenvalue weighted by Gasteiger charge is -2.31. The van der Waals surface area contributed by atoms with Crippen molar-refractivity contribution in [2.45, 2.75) is 33.7 Å². The first-order valence-corrected chi connectivity index (χ1v) is 13.2. The number of para-hydroxylation sites is 1. The number of amides is 2. The summed E-state index contributed by atoms with van der Waals surface area (Å²) >= 11 is 0. The lowest BCUT2D eigenvalue weighted by atomic mass is 9.93. The van der Waals surface area contributed by atoms with Gasteiger partial charge in [0, 0.05) is 22.6 Å². The summed E-state index contributed by atoms with van der Waals surface area (Å²) < 4.78 is 13.0. The van der Waals surface area contributed by atoms with Crippen LogP contribution in [0.3, 0.4) is 0 Å². The van der Waals surface area contributed by atoms with E-state index in [1.54, 1.807) is 25.0 Å². The molecule has 0 saturated heterocycles. The van der Waals surface area contributed by atoms with E-state index in [4.69, 9.17) is 9.47 Å². The predicted octanol–water partition coefficient (Wildman–Crippen LogP) is 6.01. The second-order valence-electron chi connectivity index (χ2n) is 10.1. The summed E-state index contributed by atoms with van der Waals surface area (Å²) in [5, 5.41) is 13.9. The van der Waals surface area contributed by atoms with Crippen molar-refractivity contribution in [2.24, 2.45) is 0 Å². The Morgan fingerprint density at radius 1 is 0.878 bits per heavy atom. The highest BCUT2D eigenvalue weighted by Gasteiger charge is 2.37. The number of carbonyl (C=O) groups is 2. The van der Waals surface area contributed by atoms with Crippen LogP contribution in [-0.4, -0.2) is 35.8 Å². The Balaban J connectivity index is 1.61. The summed E-state index contributed by atoms with van der Waals surface area (Å²) in [5.41, 5.74) is 6.48. The lowest BCUT2D eigenvalue weighted by Crippen LogP contribution is -2.32. The van der Waals surface area contributed by atoms with E-state index in [-0.39, 0.29) is 11.8 Å². The smallest absolute Gasteiger partial charge is 0.261 e. The molecule has 1 aromatic heterocycles. The Labute approximate surface area is 239 Å². The van der Waals surface area contributed by atoms with Gasteiger partial charge in [0.1, 0.15) is 17.4 Å². The molecule has 0 spiro atoms. The number of allylic oxidation sites excluding steroid dienone is 1. The van der Waals surface area contributed by atoms with E-state index in [0.717, 1.165) is 16.7 Å². The van der Waals surface area contributed by atoms with Crippen LogP contribution < -0.4 is 25.4 Å². The van der Waals surface area contributed by atoms with Crippen molar-refractivity contribution < 1.29 is 19.1 Å². The van der Waals surface area contributed by atoms with Gasteiger partial charge in [0.05, 0.1) is 26.0 Å². The highest BCUT2D eigenvalue weighted by atomic mass is 16.5. The van der Waals surface area contributed by atoms with Crippen molar-refractivity contribution in [2.75, 3.05) is 30.2 Å². The standard InChI is InChI=1S/C32H33N5O4/c1-18-9-7-10-22(16-18)35-31(38)24-17-33-37-28(23-11-8-12-26(40-5)29(23)41-6)27(21(4)34-30(24)37)32(39)36-25-14-13-19(2)15-20(25)3/h7-17,28,34H,1-6H3,(H,35,38)(H,36,39)/t28-/m1/s1. The number of aryl methyl sites for hydroxylation is 3. The molecule has 0 radical (unpaired) electrons. The van der Waals surface area contributed by atoms with Crippen LogP contribution in [0.15, 0.2) is 78.1 Å². The Morgan fingerprint density at radius 3 is 2.34 bits per heavy atom. The number of nitrogens with one attached hydrogen (secondary N) is 3. The SMILES string of the molecule is COc1cccc([C@@H]2C(C(=O)Nc3ccc(C)cc3C)=C(C)Nc3c(C(=O)Nc4cccc(C)c4)cnn32)c1OC. The van der Waals surface area contributed by atoms with E-state index in [1.165, 1.54) is 6.20 Å². The van der Waals surface area contributed by atoms with Crippen molar-refractivity contribution in [1.29, 1.82) is 0 Å². The minimum absolute atomic E-state index is 0.302. The molecule has 0 saturated carbocycles. The van der Waals surface area contributed by atoms with E-state index in [0.29, 0.717) is 51.1 Å². The van der Waals surface area contributed by atoms with Crippen LogP contribution in [-0.2, 0) is 4.79 Å². The molecule has 3 N–H and O–H groups in total. The molecule has 1 aliphatic rings. The van der Waals surface area contributed by atoms with E-state index < -0.39 is 6.04 Å². The fourth-order valence-electron chi connectivity index (χ4n) is 5.19. The number of rotatable bonds is 7. The molecule has 0 unspecified atom stereocenters. The number of methoxy groups -OCH3 is 2. The van der Waals surface area contributed by atoms with Crippen molar-refractivity contribution in [3.05, 3.63) is 106 Å². The molecule has 9 heteroatoms. The van der Waals surface area contributed by atoms with E-state index in [2.05, 4.69) is 21.0 Å². The molecule has 0 aliphatic carbocycles. The van der Waals surface area contributed by atoms with Gasteiger partial charge in [-0.3, -0.25) is 9.59 Å². The Hall–Kier alpha value is -5.05. The van der Waals surface area contributed by atoms with Gasteiger partial charge in [-0.1, -0.05) is 42.0 Å². The monoisotopic (exact) mass is 551 g/mol. The molecular weight excluding hydrogens is 518 g/mol. The van der Waals surface area contributed by atoms with Crippen LogP contribution in [0.4, 0.5) is 17.2 Å². The van der Waals surface area contributed by atoms with Crippen LogP contribution in [0.1, 0.15) is 45.6 Å². The topological polar surface area (TPSA) is 107 Å². The first kappa shape index (κ1) is 27.5. The van der Waals surface area contributed by atoms with Gasteiger partial charge in [0.2, 0.25) is 0 Å². The van der Waals surface area contributed by atoms with Gasteiger partial charge < -0.3 is 25.4 Å². The molecule has 210 valence electrons. The summed E-state index contributed by atoms with van der Waals surface area (Å²) in [6.45, 7) is 7.74. The number of fused-ring (bicyclic) bond motifs is 1. The fraction of sp³-hybridized carbons (Fsp3) is 0.219. The molecule has 2 heterocycles. The zero-order chi connectivity index (χ0) is 29.3. The average Bonchev–Trinajstić information content (AvgIpc) is 3.36.